The van der Waals surface area contributed by atoms with Crippen molar-refractivity contribution in [2.75, 3.05) is 12.9 Å². The van der Waals surface area contributed by atoms with Crippen LogP contribution in [-0.4, -0.2) is 39.0 Å². The predicted octanol–water partition coefficient (Wildman–Crippen LogP) is 3.39. The number of hydrogen-bond donors (Lipinski definition) is 1. The van der Waals surface area contributed by atoms with E-state index < -0.39 is 0 Å². The number of rotatable bonds is 7. The van der Waals surface area contributed by atoms with Crippen LogP contribution in [0.3, 0.4) is 0 Å². The summed E-state index contributed by atoms with van der Waals surface area (Å²) < 4.78 is 6.70. The molecule has 2 aromatic carbocycles. The van der Waals surface area contributed by atoms with Crippen molar-refractivity contribution in [2.45, 2.75) is 11.7 Å². The van der Waals surface area contributed by atoms with E-state index in [1.165, 1.54) is 11.8 Å². The maximum Gasteiger partial charge on any atom is 0.230 e. The largest absolute Gasteiger partial charge is 0.497 e. The zero-order valence-electron chi connectivity index (χ0n) is 14.2. The van der Waals surface area contributed by atoms with E-state index in [0.717, 1.165) is 17.0 Å². The molecule has 0 saturated heterocycles. The third kappa shape index (κ3) is 5.12. The van der Waals surface area contributed by atoms with E-state index in [1.54, 1.807) is 30.0 Å². The minimum atomic E-state index is -0.157. The molecule has 0 fully saturated rings. The number of methoxy groups -OCH3 is 1. The SMILES string of the molecule is COc1ccc(-n2nnnc2SCC(=O)NCc2ccc(Cl)cc2Cl)cc1. The number of thioether (sulfide) groups is 1. The van der Waals surface area contributed by atoms with Crippen molar-refractivity contribution >= 4 is 40.9 Å². The molecule has 0 saturated carbocycles. The molecule has 1 amide bonds. The lowest BCUT2D eigenvalue weighted by atomic mass is 10.2. The first-order valence-corrected chi connectivity index (χ1v) is 9.57. The fraction of sp³-hybridized carbons (Fsp3) is 0.176. The highest BCUT2D eigenvalue weighted by atomic mass is 35.5. The van der Waals surface area contributed by atoms with Crippen LogP contribution in [0, 0.1) is 0 Å². The summed E-state index contributed by atoms with van der Waals surface area (Å²) >= 11 is 13.2. The molecule has 1 heterocycles. The van der Waals surface area contributed by atoms with Gasteiger partial charge in [0.1, 0.15) is 5.75 Å². The highest BCUT2D eigenvalue weighted by Gasteiger charge is 2.12. The molecule has 0 radical (unpaired) electrons. The molecule has 27 heavy (non-hydrogen) atoms. The second-order valence-corrected chi connectivity index (χ2v) is 7.16. The number of aromatic nitrogens is 4. The maximum absolute atomic E-state index is 12.1. The van der Waals surface area contributed by atoms with Gasteiger partial charge in [-0.15, -0.1) is 5.10 Å². The first-order chi connectivity index (χ1) is 13.1. The van der Waals surface area contributed by atoms with Crippen LogP contribution in [-0.2, 0) is 11.3 Å². The van der Waals surface area contributed by atoms with Gasteiger partial charge in [-0.05, 0) is 52.4 Å². The summed E-state index contributed by atoms with van der Waals surface area (Å²) in [6.07, 6.45) is 0. The van der Waals surface area contributed by atoms with Crippen LogP contribution in [0.2, 0.25) is 10.0 Å². The smallest absolute Gasteiger partial charge is 0.230 e. The van der Waals surface area contributed by atoms with Crippen LogP contribution in [0.5, 0.6) is 5.75 Å². The molecular formula is C17H15Cl2N5O2S. The molecule has 0 spiro atoms. The van der Waals surface area contributed by atoms with Gasteiger partial charge in [0, 0.05) is 16.6 Å². The van der Waals surface area contributed by atoms with Crippen LogP contribution in [0.1, 0.15) is 5.56 Å². The first-order valence-electron chi connectivity index (χ1n) is 7.83. The molecule has 1 aromatic heterocycles. The van der Waals surface area contributed by atoms with E-state index >= 15 is 0 Å². The number of hydrogen-bond acceptors (Lipinski definition) is 6. The van der Waals surface area contributed by atoms with Crippen LogP contribution in [0.15, 0.2) is 47.6 Å². The summed E-state index contributed by atoms with van der Waals surface area (Å²) in [7, 11) is 1.60. The highest BCUT2D eigenvalue weighted by molar-refractivity contribution is 7.99. The van der Waals surface area contributed by atoms with Gasteiger partial charge >= 0.3 is 0 Å². The Hall–Kier alpha value is -2.29. The van der Waals surface area contributed by atoms with Gasteiger partial charge in [0.2, 0.25) is 11.1 Å². The minimum absolute atomic E-state index is 0.157. The Labute approximate surface area is 170 Å². The number of carbonyl (C=O) groups is 1. The Bertz CT molecular complexity index is 933. The predicted molar refractivity (Wildman–Crippen MR) is 105 cm³/mol. The molecule has 1 N–H and O–H groups in total. The summed E-state index contributed by atoms with van der Waals surface area (Å²) in [6.45, 7) is 0.318. The molecule has 0 aliphatic rings. The average molecular weight is 424 g/mol. The van der Waals surface area contributed by atoms with E-state index in [9.17, 15) is 4.79 Å². The van der Waals surface area contributed by atoms with Gasteiger partial charge in [0.15, 0.2) is 0 Å². The topological polar surface area (TPSA) is 81.9 Å². The van der Waals surface area contributed by atoms with Gasteiger partial charge in [-0.2, -0.15) is 4.68 Å². The fourth-order valence-corrected chi connectivity index (χ4v) is 3.39. The van der Waals surface area contributed by atoms with Crippen molar-refractivity contribution in [3.05, 3.63) is 58.1 Å². The summed E-state index contributed by atoms with van der Waals surface area (Å²) in [4.78, 5) is 12.1. The van der Waals surface area contributed by atoms with Gasteiger partial charge in [0.25, 0.3) is 0 Å². The summed E-state index contributed by atoms with van der Waals surface area (Å²) in [5.74, 6) is 0.749. The van der Waals surface area contributed by atoms with Gasteiger partial charge in [-0.3, -0.25) is 4.79 Å². The molecule has 140 valence electrons. The number of benzene rings is 2. The number of nitrogens with one attached hydrogen (secondary N) is 1. The Morgan fingerprint density at radius 2 is 2.00 bits per heavy atom. The molecule has 0 bridgehead atoms. The molecule has 0 aliphatic heterocycles. The lowest BCUT2D eigenvalue weighted by Gasteiger charge is -2.08. The Kier molecular flexibility index (Phi) is 6.54. The highest BCUT2D eigenvalue weighted by Crippen LogP contribution is 2.22. The van der Waals surface area contributed by atoms with Crippen molar-refractivity contribution in [1.29, 1.82) is 0 Å². The maximum atomic E-state index is 12.1. The van der Waals surface area contributed by atoms with Crippen molar-refractivity contribution < 1.29 is 9.53 Å². The minimum Gasteiger partial charge on any atom is -0.497 e. The second kappa shape index (κ2) is 9.07. The molecule has 7 nitrogen and oxygen atoms in total. The van der Waals surface area contributed by atoms with E-state index in [2.05, 4.69) is 20.8 Å². The zero-order valence-corrected chi connectivity index (χ0v) is 16.6. The van der Waals surface area contributed by atoms with E-state index in [1.807, 2.05) is 24.3 Å². The molecule has 3 aromatic rings. The van der Waals surface area contributed by atoms with Crippen LogP contribution in [0.25, 0.3) is 5.69 Å². The number of tetrazole rings is 1. The van der Waals surface area contributed by atoms with Crippen molar-refractivity contribution in [2.24, 2.45) is 0 Å². The van der Waals surface area contributed by atoms with Gasteiger partial charge < -0.3 is 10.1 Å². The summed E-state index contributed by atoms with van der Waals surface area (Å²) in [5, 5.41) is 16.0. The van der Waals surface area contributed by atoms with E-state index in [0.29, 0.717) is 21.7 Å². The molecule has 10 heteroatoms. The number of nitrogens with zero attached hydrogens (tertiary/aromatic N) is 4. The molecular weight excluding hydrogens is 409 g/mol. The normalized spacial score (nSPS) is 10.6. The Morgan fingerprint density at radius 3 is 2.70 bits per heavy atom. The van der Waals surface area contributed by atoms with Crippen LogP contribution < -0.4 is 10.1 Å². The van der Waals surface area contributed by atoms with Crippen LogP contribution in [0.4, 0.5) is 0 Å². The third-order valence-electron chi connectivity index (χ3n) is 3.58. The lowest BCUT2D eigenvalue weighted by molar-refractivity contribution is -0.118. The van der Waals surface area contributed by atoms with Crippen molar-refractivity contribution in [3.8, 4) is 11.4 Å². The number of halogens is 2. The van der Waals surface area contributed by atoms with Crippen molar-refractivity contribution in [1.82, 2.24) is 25.5 Å². The average Bonchev–Trinajstić information content (AvgIpc) is 3.14. The van der Waals surface area contributed by atoms with Gasteiger partial charge in [-0.1, -0.05) is 41.0 Å². The second-order valence-electron chi connectivity index (χ2n) is 5.37. The van der Waals surface area contributed by atoms with E-state index in [4.69, 9.17) is 27.9 Å². The van der Waals surface area contributed by atoms with Crippen LogP contribution >= 0.6 is 35.0 Å². The molecule has 3 rings (SSSR count). The molecule has 0 atom stereocenters. The quantitative estimate of drug-likeness (QED) is 0.586. The summed E-state index contributed by atoms with van der Waals surface area (Å²) in [6, 6.07) is 12.4. The lowest BCUT2D eigenvalue weighted by Crippen LogP contribution is -2.24. The number of amides is 1. The first kappa shape index (κ1) is 19.5. The molecule has 0 unspecified atom stereocenters. The standard InChI is InChI=1S/C17H15Cl2N5O2S/c1-26-14-6-4-13(5-7-14)24-17(21-22-23-24)27-10-16(25)20-9-11-2-3-12(18)8-15(11)19/h2-8H,9-10H2,1H3,(H,20,25). The Morgan fingerprint density at radius 1 is 1.22 bits per heavy atom. The third-order valence-corrected chi connectivity index (χ3v) is 5.09. The van der Waals surface area contributed by atoms with E-state index in [-0.39, 0.29) is 11.7 Å². The zero-order chi connectivity index (χ0) is 19.2. The van der Waals surface area contributed by atoms with Crippen molar-refractivity contribution in [3.63, 3.8) is 0 Å². The van der Waals surface area contributed by atoms with Gasteiger partial charge in [-0.25, -0.2) is 0 Å². The molecule has 0 aliphatic carbocycles. The number of ether oxygens (including phenoxy) is 1. The fourth-order valence-electron chi connectivity index (χ4n) is 2.19. The Balaban J connectivity index is 1.57. The summed E-state index contributed by atoms with van der Waals surface area (Å²) in [5.41, 5.74) is 1.57. The van der Waals surface area contributed by atoms with Gasteiger partial charge in [0.05, 0.1) is 18.6 Å². The number of carbonyl (C=O) groups excluding carboxylic acids is 1. The monoisotopic (exact) mass is 423 g/mol.